The van der Waals surface area contributed by atoms with Crippen LogP contribution in [0.3, 0.4) is 0 Å². The number of carbonyl (C=O) groups is 1. The molecular weight excluding hydrogens is 196 g/mol. The number of nitrogens with one attached hydrogen (secondary N) is 2. The minimum atomic E-state index is 0.0264. The Morgan fingerprint density at radius 2 is 2.21 bits per heavy atom. The highest BCUT2D eigenvalue weighted by molar-refractivity contribution is 7.08. The van der Waals surface area contributed by atoms with Gasteiger partial charge in [-0.25, -0.2) is 0 Å². The third kappa shape index (κ3) is 3.89. The molecule has 0 aliphatic heterocycles. The topological polar surface area (TPSA) is 41.1 Å². The molecule has 0 radical (unpaired) electrons. The zero-order valence-corrected chi connectivity index (χ0v) is 9.41. The van der Waals surface area contributed by atoms with E-state index >= 15 is 0 Å². The third-order valence-electron chi connectivity index (χ3n) is 1.95. The molecule has 0 bridgehead atoms. The zero-order valence-electron chi connectivity index (χ0n) is 8.59. The first-order valence-corrected chi connectivity index (χ1v) is 5.61. The maximum absolute atomic E-state index is 10.6. The Morgan fingerprint density at radius 1 is 1.43 bits per heavy atom. The molecule has 0 aromatic carbocycles. The number of hydrogen-bond acceptors (Lipinski definition) is 3. The monoisotopic (exact) mass is 212 g/mol. The van der Waals surface area contributed by atoms with Gasteiger partial charge >= 0.3 is 0 Å². The van der Waals surface area contributed by atoms with E-state index in [-0.39, 0.29) is 5.91 Å². The second kappa shape index (κ2) is 5.78. The fourth-order valence-corrected chi connectivity index (χ4v) is 1.97. The van der Waals surface area contributed by atoms with E-state index in [0.29, 0.717) is 6.54 Å². The van der Waals surface area contributed by atoms with Crippen molar-refractivity contribution in [2.45, 2.75) is 20.4 Å². The van der Waals surface area contributed by atoms with Crippen molar-refractivity contribution in [3.63, 3.8) is 0 Å². The molecule has 78 valence electrons. The maximum atomic E-state index is 10.6. The standard InChI is InChI=1S/C10H16N2OS/c1-8-6-14-7-10(8)5-11-3-4-12-9(2)13/h6-7,11H,3-5H2,1-2H3,(H,12,13). The van der Waals surface area contributed by atoms with Gasteiger partial charge in [0.05, 0.1) is 0 Å². The van der Waals surface area contributed by atoms with E-state index in [2.05, 4.69) is 28.3 Å². The predicted octanol–water partition coefficient (Wildman–Crippen LogP) is 1.28. The maximum Gasteiger partial charge on any atom is 0.216 e. The van der Waals surface area contributed by atoms with Crippen LogP contribution in [0, 0.1) is 6.92 Å². The summed E-state index contributed by atoms with van der Waals surface area (Å²) in [6, 6.07) is 0. The molecule has 0 atom stereocenters. The lowest BCUT2D eigenvalue weighted by atomic mass is 10.2. The van der Waals surface area contributed by atoms with Crippen LogP contribution in [0.1, 0.15) is 18.1 Å². The molecule has 0 spiro atoms. The van der Waals surface area contributed by atoms with Crippen LogP contribution in [-0.4, -0.2) is 19.0 Å². The van der Waals surface area contributed by atoms with E-state index in [1.54, 1.807) is 11.3 Å². The Morgan fingerprint density at radius 3 is 2.79 bits per heavy atom. The van der Waals surface area contributed by atoms with Crippen molar-refractivity contribution < 1.29 is 4.79 Å². The summed E-state index contributed by atoms with van der Waals surface area (Å²) in [7, 11) is 0. The van der Waals surface area contributed by atoms with Gasteiger partial charge in [-0.05, 0) is 28.8 Å². The van der Waals surface area contributed by atoms with Crippen LogP contribution in [0.4, 0.5) is 0 Å². The Labute approximate surface area is 88.5 Å². The fourth-order valence-electron chi connectivity index (χ4n) is 1.12. The number of rotatable bonds is 5. The Bertz CT molecular complexity index is 296. The lowest BCUT2D eigenvalue weighted by Crippen LogP contribution is -2.29. The molecule has 1 aromatic heterocycles. The highest BCUT2D eigenvalue weighted by Gasteiger charge is 1.97. The van der Waals surface area contributed by atoms with Gasteiger partial charge < -0.3 is 10.6 Å². The largest absolute Gasteiger partial charge is 0.355 e. The van der Waals surface area contributed by atoms with Crippen molar-refractivity contribution in [3.05, 3.63) is 21.9 Å². The van der Waals surface area contributed by atoms with Gasteiger partial charge in [0.25, 0.3) is 0 Å². The summed E-state index contributed by atoms with van der Waals surface area (Å²) in [5, 5.41) is 10.3. The summed E-state index contributed by atoms with van der Waals surface area (Å²) in [5.74, 6) is 0.0264. The first-order chi connectivity index (χ1) is 6.70. The molecule has 4 heteroatoms. The lowest BCUT2D eigenvalue weighted by molar-refractivity contribution is -0.118. The molecule has 0 aliphatic carbocycles. The van der Waals surface area contributed by atoms with Crippen LogP contribution in [0.5, 0.6) is 0 Å². The minimum absolute atomic E-state index is 0.0264. The number of carbonyl (C=O) groups excluding carboxylic acids is 1. The van der Waals surface area contributed by atoms with Gasteiger partial charge in [0.2, 0.25) is 5.91 Å². The van der Waals surface area contributed by atoms with E-state index in [4.69, 9.17) is 0 Å². The van der Waals surface area contributed by atoms with Crippen molar-refractivity contribution in [2.75, 3.05) is 13.1 Å². The molecule has 1 heterocycles. The van der Waals surface area contributed by atoms with E-state index in [0.717, 1.165) is 13.1 Å². The normalized spacial score (nSPS) is 10.1. The molecule has 1 amide bonds. The quantitative estimate of drug-likeness (QED) is 0.722. The van der Waals surface area contributed by atoms with Crippen LogP contribution in [0.2, 0.25) is 0 Å². The van der Waals surface area contributed by atoms with Crippen LogP contribution in [-0.2, 0) is 11.3 Å². The second-order valence-electron chi connectivity index (χ2n) is 3.24. The van der Waals surface area contributed by atoms with Gasteiger partial charge in [0.1, 0.15) is 0 Å². The van der Waals surface area contributed by atoms with Gasteiger partial charge in [0, 0.05) is 26.6 Å². The van der Waals surface area contributed by atoms with E-state index in [9.17, 15) is 4.79 Å². The average Bonchev–Trinajstić information content (AvgIpc) is 2.51. The first kappa shape index (κ1) is 11.2. The summed E-state index contributed by atoms with van der Waals surface area (Å²) >= 11 is 1.73. The molecule has 1 rings (SSSR count). The minimum Gasteiger partial charge on any atom is -0.355 e. The fraction of sp³-hybridized carbons (Fsp3) is 0.500. The molecule has 2 N–H and O–H groups in total. The average molecular weight is 212 g/mol. The second-order valence-corrected chi connectivity index (χ2v) is 3.98. The molecule has 14 heavy (non-hydrogen) atoms. The molecule has 3 nitrogen and oxygen atoms in total. The third-order valence-corrected chi connectivity index (χ3v) is 2.86. The smallest absolute Gasteiger partial charge is 0.216 e. The Kier molecular flexibility index (Phi) is 4.62. The van der Waals surface area contributed by atoms with Gasteiger partial charge in [-0.2, -0.15) is 11.3 Å². The van der Waals surface area contributed by atoms with Crippen molar-refractivity contribution in [1.82, 2.24) is 10.6 Å². The van der Waals surface area contributed by atoms with E-state index in [1.165, 1.54) is 18.1 Å². The summed E-state index contributed by atoms with van der Waals surface area (Å²) in [6.07, 6.45) is 0. The number of thiophene rings is 1. The van der Waals surface area contributed by atoms with Crippen molar-refractivity contribution in [2.24, 2.45) is 0 Å². The van der Waals surface area contributed by atoms with Gasteiger partial charge in [0.15, 0.2) is 0 Å². The summed E-state index contributed by atoms with van der Waals surface area (Å²) < 4.78 is 0. The van der Waals surface area contributed by atoms with Crippen LogP contribution in [0.25, 0.3) is 0 Å². The molecular formula is C10H16N2OS. The lowest BCUT2D eigenvalue weighted by Gasteiger charge is -2.04. The van der Waals surface area contributed by atoms with E-state index < -0.39 is 0 Å². The Balaban J connectivity index is 2.10. The first-order valence-electron chi connectivity index (χ1n) is 4.67. The SMILES string of the molecule is CC(=O)NCCNCc1cscc1C. The van der Waals surface area contributed by atoms with Crippen LogP contribution < -0.4 is 10.6 Å². The summed E-state index contributed by atoms with van der Waals surface area (Å²) in [4.78, 5) is 10.6. The van der Waals surface area contributed by atoms with Crippen LogP contribution in [0.15, 0.2) is 10.8 Å². The van der Waals surface area contributed by atoms with Gasteiger partial charge in [-0.3, -0.25) is 4.79 Å². The van der Waals surface area contributed by atoms with Crippen molar-refractivity contribution in [3.8, 4) is 0 Å². The van der Waals surface area contributed by atoms with Crippen LogP contribution >= 0.6 is 11.3 Å². The summed E-state index contributed by atoms with van der Waals surface area (Å²) in [5.41, 5.74) is 2.68. The highest BCUT2D eigenvalue weighted by Crippen LogP contribution is 2.12. The highest BCUT2D eigenvalue weighted by atomic mass is 32.1. The van der Waals surface area contributed by atoms with Gasteiger partial charge in [-0.15, -0.1) is 0 Å². The number of aryl methyl sites for hydroxylation is 1. The molecule has 0 aliphatic rings. The number of hydrogen-bond donors (Lipinski definition) is 2. The van der Waals surface area contributed by atoms with Crippen molar-refractivity contribution in [1.29, 1.82) is 0 Å². The molecule has 1 aromatic rings. The molecule has 0 saturated carbocycles. The zero-order chi connectivity index (χ0) is 10.4. The van der Waals surface area contributed by atoms with Gasteiger partial charge in [-0.1, -0.05) is 0 Å². The Hall–Kier alpha value is -0.870. The molecule has 0 fully saturated rings. The van der Waals surface area contributed by atoms with Crippen molar-refractivity contribution >= 4 is 17.2 Å². The predicted molar refractivity (Wildman–Crippen MR) is 59.4 cm³/mol. The van der Waals surface area contributed by atoms with E-state index in [1.807, 2.05) is 0 Å². The summed E-state index contributed by atoms with van der Waals surface area (Å²) in [6.45, 7) is 6.03. The number of amides is 1. The molecule has 0 saturated heterocycles. The molecule has 0 unspecified atom stereocenters.